The fourth-order valence-corrected chi connectivity index (χ4v) is 5.57. The van der Waals surface area contributed by atoms with Crippen LogP contribution in [0.5, 0.6) is 11.5 Å². The van der Waals surface area contributed by atoms with Crippen LogP contribution in [0.1, 0.15) is 18.5 Å². The third kappa shape index (κ3) is 3.89. The van der Waals surface area contributed by atoms with Crippen molar-refractivity contribution < 1.29 is 14.3 Å². The van der Waals surface area contributed by atoms with Crippen molar-refractivity contribution in [3.8, 4) is 11.5 Å². The fourth-order valence-electron chi connectivity index (χ4n) is 4.65. The number of thiocarbonyl (C=S) groups is 1. The molecule has 0 aromatic heterocycles. The van der Waals surface area contributed by atoms with Gasteiger partial charge in [0.05, 0.1) is 13.2 Å². The summed E-state index contributed by atoms with van der Waals surface area (Å²) in [7, 11) is 1.61. The van der Waals surface area contributed by atoms with Gasteiger partial charge < -0.3 is 20.1 Å². The molecule has 1 amide bonds. The lowest BCUT2D eigenvalue weighted by atomic mass is 9.78. The van der Waals surface area contributed by atoms with Crippen molar-refractivity contribution in [3.63, 3.8) is 0 Å². The zero-order valence-electron chi connectivity index (χ0n) is 18.3. The second-order valence-electron chi connectivity index (χ2n) is 8.28. The average Bonchev–Trinajstić information content (AvgIpc) is 2.80. The van der Waals surface area contributed by atoms with Gasteiger partial charge in [0.2, 0.25) is 5.91 Å². The van der Waals surface area contributed by atoms with Crippen LogP contribution >= 0.6 is 39.7 Å². The Morgan fingerprint density at radius 3 is 2.68 bits per heavy atom. The molecule has 0 spiro atoms. The van der Waals surface area contributed by atoms with E-state index in [0.29, 0.717) is 27.3 Å². The molecule has 0 aliphatic carbocycles. The summed E-state index contributed by atoms with van der Waals surface area (Å²) >= 11 is 15.3. The van der Waals surface area contributed by atoms with Gasteiger partial charge in [-0.05, 0) is 79.8 Å². The van der Waals surface area contributed by atoms with Gasteiger partial charge in [-0.1, -0.05) is 33.6 Å². The predicted molar refractivity (Wildman–Crippen MR) is 141 cm³/mol. The highest BCUT2D eigenvalue weighted by atomic mass is 79.9. The van der Waals surface area contributed by atoms with E-state index in [2.05, 4.69) is 26.6 Å². The van der Waals surface area contributed by atoms with Gasteiger partial charge >= 0.3 is 0 Å². The van der Waals surface area contributed by atoms with E-state index < -0.39 is 17.7 Å². The van der Waals surface area contributed by atoms with E-state index in [4.69, 9.17) is 33.3 Å². The standard InChI is InChI=1S/C25H21BrClN3O3S/c1-25-21(23(31)28-16-8-6-15(27)7-9-16)22(19-13-18(32-2)10-11-20(19)33-25)29-24(34)30(25)17-5-3-4-14(26)12-17/h3-13,21-22H,1-2H3,(H,28,31)(H,29,34)/t21-,22-,25-/m1/s1. The zero-order chi connectivity index (χ0) is 24.0. The van der Waals surface area contributed by atoms with E-state index in [-0.39, 0.29) is 5.91 Å². The first-order valence-corrected chi connectivity index (χ1v) is 12.2. The van der Waals surface area contributed by atoms with Crippen molar-refractivity contribution in [3.05, 3.63) is 81.8 Å². The lowest BCUT2D eigenvalue weighted by Gasteiger charge is -2.56. The molecule has 3 atom stereocenters. The molecular weight excluding hydrogens is 538 g/mol. The van der Waals surface area contributed by atoms with Crippen molar-refractivity contribution in [2.75, 3.05) is 17.3 Å². The van der Waals surface area contributed by atoms with E-state index in [0.717, 1.165) is 15.7 Å². The Kier molecular flexibility index (Phi) is 5.91. The van der Waals surface area contributed by atoms with Crippen LogP contribution in [0.15, 0.2) is 71.2 Å². The Balaban J connectivity index is 1.63. The summed E-state index contributed by atoms with van der Waals surface area (Å²) in [6, 6.07) is 19.9. The van der Waals surface area contributed by atoms with Crippen LogP contribution in [-0.2, 0) is 4.79 Å². The highest BCUT2D eigenvalue weighted by Crippen LogP contribution is 2.50. The minimum Gasteiger partial charge on any atom is -0.497 e. The van der Waals surface area contributed by atoms with E-state index in [1.165, 1.54) is 0 Å². The normalized spacial score (nSPS) is 22.8. The third-order valence-corrected chi connectivity index (χ3v) is 7.21. The molecule has 1 fully saturated rings. The van der Waals surface area contributed by atoms with E-state index in [9.17, 15) is 4.79 Å². The average molecular weight is 559 g/mol. The number of rotatable bonds is 4. The van der Waals surface area contributed by atoms with Crippen molar-refractivity contribution in [2.45, 2.75) is 18.7 Å². The predicted octanol–water partition coefficient (Wildman–Crippen LogP) is 5.91. The molecule has 0 radical (unpaired) electrons. The van der Waals surface area contributed by atoms with Gasteiger partial charge in [-0.15, -0.1) is 0 Å². The molecule has 2 heterocycles. The number of amides is 1. The maximum atomic E-state index is 13.8. The monoisotopic (exact) mass is 557 g/mol. The number of halogens is 2. The van der Waals surface area contributed by atoms with Gasteiger partial charge in [0.1, 0.15) is 17.4 Å². The minimum absolute atomic E-state index is 0.210. The van der Waals surface area contributed by atoms with Crippen LogP contribution < -0.4 is 25.0 Å². The largest absolute Gasteiger partial charge is 0.497 e. The smallest absolute Gasteiger partial charge is 0.236 e. The first-order chi connectivity index (χ1) is 16.3. The summed E-state index contributed by atoms with van der Waals surface area (Å²) in [5, 5.41) is 7.48. The lowest BCUT2D eigenvalue weighted by Crippen LogP contribution is -2.72. The summed E-state index contributed by atoms with van der Waals surface area (Å²) in [5.41, 5.74) is 1.15. The number of hydrogen-bond donors (Lipinski definition) is 2. The van der Waals surface area contributed by atoms with Crippen molar-refractivity contribution in [1.29, 1.82) is 0 Å². The zero-order valence-corrected chi connectivity index (χ0v) is 21.5. The van der Waals surface area contributed by atoms with Crippen LogP contribution in [0.2, 0.25) is 5.02 Å². The number of nitrogens with one attached hydrogen (secondary N) is 2. The van der Waals surface area contributed by atoms with Gasteiger partial charge in [0.25, 0.3) is 0 Å². The van der Waals surface area contributed by atoms with Crippen molar-refractivity contribution in [1.82, 2.24) is 5.32 Å². The van der Waals surface area contributed by atoms with Crippen molar-refractivity contribution >= 4 is 62.1 Å². The molecule has 34 heavy (non-hydrogen) atoms. The molecule has 6 nitrogen and oxygen atoms in total. The summed E-state index contributed by atoms with van der Waals surface area (Å²) in [6.07, 6.45) is 0. The topological polar surface area (TPSA) is 62.8 Å². The van der Waals surface area contributed by atoms with Crippen LogP contribution in [0.4, 0.5) is 11.4 Å². The van der Waals surface area contributed by atoms with Crippen LogP contribution in [0.25, 0.3) is 0 Å². The van der Waals surface area contributed by atoms with Gasteiger partial charge in [0, 0.05) is 26.4 Å². The molecule has 3 aromatic carbocycles. The molecule has 2 aliphatic heterocycles. The molecule has 2 aliphatic rings. The van der Waals surface area contributed by atoms with Gasteiger partial charge in [-0.2, -0.15) is 0 Å². The maximum Gasteiger partial charge on any atom is 0.236 e. The minimum atomic E-state index is -1.11. The molecule has 174 valence electrons. The maximum absolute atomic E-state index is 13.8. The first-order valence-electron chi connectivity index (χ1n) is 10.6. The molecule has 1 saturated heterocycles. The second-order valence-corrected chi connectivity index (χ2v) is 10.0. The number of carbonyl (C=O) groups is 1. The van der Waals surface area contributed by atoms with Crippen LogP contribution in [-0.4, -0.2) is 23.9 Å². The highest BCUT2D eigenvalue weighted by molar-refractivity contribution is 9.10. The lowest BCUT2D eigenvalue weighted by molar-refractivity contribution is -0.130. The Morgan fingerprint density at radius 2 is 1.97 bits per heavy atom. The number of carbonyl (C=O) groups excluding carboxylic acids is 1. The molecule has 0 saturated carbocycles. The number of fused-ring (bicyclic) bond motifs is 4. The van der Waals surface area contributed by atoms with Crippen LogP contribution in [0.3, 0.4) is 0 Å². The summed E-state index contributed by atoms with van der Waals surface area (Å²) in [6.45, 7) is 1.90. The Labute approximate surface area is 216 Å². The first kappa shape index (κ1) is 23.0. The summed E-state index contributed by atoms with van der Waals surface area (Å²) in [4.78, 5) is 15.7. The molecule has 2 N–H and O–H groups in total. The Hall–Kier alpha value is -2.81. The molecular formula is C25H21BrClN3O3S. The molecule has 9 heteroatoms. The van der Waals surface area contributed by atoms with E-state index in [1.54, 1.807) is 31.4 Å². The number of methoxy groups -OCH3 is 1. The Morgan fingerprint density at radius 1 is 1.21 bits per heavy atom. The SMILES string of the molecule is COc1ccc2c(c1)[C@H]1NC(=S)N(c3cccc(Br)c3)[C@](C)(O2)[C@H]1C(=O)Nc1ccc(Cl)cc1. The van der Waals surface area contributed by atoms with Gasteiger partial charge in [-0.25, -0.2) is 0 Å². The number of nitrogens with zero attached hydrogens (tertiary/aromatic N) is 1. The number of anilines is 2. The van der Waals surface area contributed by atoms with Gasteiger partial charge in [0.15, 0.2) is 10.8 Å². The van der Waals surface area contributed by atoms with Crippen molar-refractivity contribution in [2.24, 2.45) is 5.92 Å². The van der Waals surface area contributed by atoms with Gasteiger partial charge in [-0.3, -0.25) is 9.69 Å². The highest BCUT2D eigenvalue weighted by Gasteiger charge is 2.59. The van der Waals surface area contributed by atoms with E-state index in [1.807, 2.05) is 54.3 Å². The number of benzene rings is 3. The summed E-state index contributed by atoms with van der Waals surface area (Å²) in [5.74, 6) is 0.468. The second kappa shape index (κ2) is 8.76. The molecule has 3 aromatic rings. The third-order valence-electron chi connectivity index (χ3n) is 6.17. The fraction of sp³-hybridized carbons (Fsp3) is 0.200. The summed E-state index contributed by atoms with van der Waals surface area (Å²) < 4.78 is 12.9. The molecule has 2 bridgehead atoms. The van der Waals surface area contributed by atoms with E-state index >= 15 is 0 Å². The molecule has 5 rings (SSSR count). The van der Waals surface area contributed by atoms with Crippen LogP contribution in [0, 0.1) is 5.92 Å². The quantitative estimate of drug-likeness (QED) is 0.388. The molecule has 0 unspecified atom stereocenters. The Bertz CT molecular complexity index is 1290. The number of ether oxygens (including phenoxy) is 2. The number of hydrogen-bond acceptors (Lipinski definition) is 4.